The molecule has 24 heavy (non-hydrogen) atoms. The predicted octanol–water partition coefficient (Wildman–Crippen LogP) is 1.60. The van der Waals surface area contributed by atoms with Gasteiger partial charge in [0, 0.05) is 39.2 Å². The maximum absolute atomic E-state index is 9.25. The zero-order valence-electron chi connectivity index (χ0n) is 14.4. The van der Waals surface area contributed by atoms with Crippen molar-refractivity contribution in [2.24, 2.45) is 13.0 Å². The Morgan fingerprint density at radius 2 is 2.08 bits per heavy atom. The normalized spacial score (nSPS) is 21.4. The van der Waals surface area contributed by atoms with Crippen LogP contribution in [0.4, 0.5) is 5.82 Å². The van der Waals surface area contributed by atoms with Gasteiger partial charge < -0.3 is 4.90 Å². The van der Waals surface area contributed by atoms with Gasteiger partial charge in [0.25, 0.3) is 0 Å². The third kappa shape index (κ3) is 3.10. The highest BCUT2D eigenvalue weighted by molar-refractivity contribution is 5.48. The molecule has 0 unspecified atom stereocenters. The number of rotatable bonds is 4. The second-order valence-corrected chi connectivity index (χ2v) is 6.43. The fourth-order valence-electron chi connectivity index (χ4n) is 3.72. The van der Waals surface area contributed by atoms with Crippen molar-refractivity contribution >= 4 is 5.82 Å². The Bertz CT molecular complexity index is 733. The third-order valence-corrected chi connectivity index (χ3v) is 4.82. The molecule has 0 bridgehead atoms. The second-order valence-electron chi connectivity index (χ2n) is 6.43. The fraction of sp³-hybridized carbons (Fsp3) is 0.529. The van der Waals surface area contributed by atoms with Crippen molar-refractivity contribution in [1.29, 1.82) is 5.26 Å². The molecular formula is C17H23N7. The standard InChI is InChI=1S/C17H23N7/c1-22-10-4-5-13(16(22)15-6-7-21-24(15)3)12-23(2)17-14(11-18)19-8-9-20-17/h6-9,13,16H,4-5,10,12H2,1-3H3/t13-,16+/m0/s1. The van der Waals surface area contributed by atoms with E-state index in [1.54, 1.807) is 12.4 Å². The molecule has 2 aromatic rings. The molecule has 2 atom stereocenters. The summed E-state index contributed by atoms with van der Waals surface area (Å²) >= 11 is 0. The first-order valence-electron chi connectivity index (χ1n) is 8.22. The van der Waals surface area contributed by atoms with Crippen LogP contribution in [0.1, 0.15) is 30.3 Å². The number of hydrogen-bond donors (Lipinski definition) is 0. The Labute approximate surface area is 142 Å². The van der Waals surface area contributed by atoms with Crippen molar-refractivity contribution in [3.8, 4) is 6.07 Å². The molecule has 7 nitrogen and oxygen atoms in total. The molecule has 126 valence electrons. The van der Waals surface area contributed by atoms with Gasteiger partial charge in [0.05, 0.1) is 11.7 Å². The van der Waals surface area contributed by atoms with Crippen LogP contribution in [0.3, 0.4) is 0 Å². The molecule has 0 aromatic carbocycles. The van der Waals surface area contributed by atoms with E-state index in [1.807, 2.05) is 25.0 Å². The summed E-state index contributed by atoms with van der Waals surface area (Å²) in [6, 6.07) is 4.55. The van der Waals surface area contributed by atoms with Crippen molar-refractivity contribution in [3.63, 3.8) is 0 Å². The van der Waals surface area contributed by atoms with Gasteiger partial charge >= 0.3 is 0 Å². The Hall–Kier alpha value is -2.46. The van der Waals surface area contributed by atoms with E-state index in [-0.39, 0.29) is 0 Å². The van der Waals surface area contributed by atoms with Gasteiger partial charge in [0.2, 0.25) is 0 Å². The molecule has 0 amide bonds. The Balaban J connectivity index is 1.84. The maximum atomic E-state index is 9.25. The van der Waals surface area contributed by atoms with Crippen LogP contribution >= 0.6 is 0 Å². The van der Waals surface area contributed by atoms with Crippen molar-refractivity contribution in [2.45, 2.75) is 18.9 Å². The number of nitriles is 1. The van der Waals surface area contributed by atoms with Crippen LogP contribution in [-0.4, -0.2) is 51.8 Å². The summed E-state index contributed by atoms with van der Waals surface area (Å²) < 4.78 is 1.96. The Kier molecular flexibility index (Phi) is 4.76. The van der Waals surface area contributed by atoms with E-state index in [1.165, 1.54) is 12.1 Å². The van der Waals surface area contributed by atoms with Crippen LogP contribution in [0.5, 0.6) is 0 Å². The summed E-state index contributed by atoms with van der Waals surface area (Å²) in [4.78, 5) is 12.9. The summed E-state index contributed by atoms with van der Waals surface area (Å²) in [5, 5.41) is 13.6. The minimum absolute atomic E-state index is 0.316. The Morgan fingerprint density at radius 1 is 1.29 bits per heavy atom. The van der Waals surface area contributed by atoms with Crippen LogP contribution in [0.15, 0.2) is 24.7 Å². The average Bonchev–Trinajstić information content (AvgIpc) is 3.00. The van der Waals surface area contributed by atoms with E-state index in [2.05, 4.69) is 44.0 Å². The van der Waals surface area contributed by atoms with E-state index in [9.17, 15) is 5.26 Å². The molecule has 7 heteroatoms. The van der Waals surface area contributed by atoms with Crippen molar-refractivity contribution in [2.75, 3.05) is 32.1 Å². The van der Waals surface area contributed by atoms with Crippen molar-refractivity contribution in [3.05, 3.63) is 36.0 Å². The number of nitrogens with zero attached hydrogens (tertiary/aromatic N) is 7. The topological polar surface area (TPSA) is 73.9 Å². The zero-order valence-corrected chi connectivity index (χ0v) is 14.4. The summed E-state index contributed by atoms with van der Waals surface area (Å²) in [7, 11) is 6.15. The van der Waals surface area contributed by atoms with E-state index in [0.29, 0.717) is 23.5 Å². The number of hydrogen-bond acceptors (Lipinski definition) is 6. The molecule has 1 aliphatic heterocycles. The van der Waals surface area contributed by atoms with Gasteiger partial charge in [-0.2, -0.15) is 10.4 Å². The SMILES string of the molecule is CN(C[C@@H]1CCCN(C)[C@H]1c1ccnn1C)c1nccnc1C#N. The minimum Gasteiger partial charge on any atom is -0.357 e. The van der Waals surface area contributed by atoms with Gasteiger partial charge in [0.15, 0.2) is 11.5 Å². The first-order chi connectivity index (χ1) is 11.6. The molecule has 3 heterocycles. The lowest BCUT2D eigenvalue weighted by Gasteiger charge is -2.40. The largest absolute Gasteiger partial charge is 0.357 e. The van der Waals surface area contributed by atoms with Crippen LogP contribution in [0.2, 0.25) is 0 Å². The van der Waals surface area contributed by atoms with E-state index in [4.69, 9.17) is 0 Å². The predicted molar refractivity (Wildman–Crippen MR) is 91.3 cm³/mol. The second kappa shape index (κ2) is 6.97. The Morgan fingerprint density at radius 3 is 2.79 bits per heavy atom. The number of anilines is 1. The van der Waals surface area contributed by atoms with E-state index in [0.717, 1.165) is 19.5 Å². The number of aromatic nitrogens is 4. The van der Waals surface area contributed by atoms with E-state index < -0.39 is 0 Å². The molecule has 0 aliphatic carbocycles. The summed E-state index contributed by atoms with van der Waals surface area (Å²) in [6.45, 7) is 1.91. The van der Waals surface area contributed by atoms with Crippen molar-refractivity contribution < 1.29 is 0 Å². The summed E-state index contributed by atoms with van der Waals surface area (Å²) in [6.07, 6.45) is 7.37. The van der Waals surface area contributed by atoms with Crippen LogP contribution in [-0.2, 0) is 7.05 Å². The molecule has 0 saturated carbocycles. The smallest absolute Gasteiger partial charge is 0.183 e. The van der Waals surface area contributed by atoms with Crippen LogP contribution in [0.25, 0.3) is 0 Å². The first kappa shape index (κ1) is 16.4. The zero-order chi connectivity index (χ0) is 17.1. The highest BCUT2D eigenvalue weighted by atomic mass is 15.3. The quantitative estimate of drug-likeness (QED) is 0.850. The maximum Gasteiger partial charge on any atom is 0.183 e. The van der Waals surface area contributed by atoms with Crippen LogP contribution < -0.4 is 4.90 Å². The first-order valence-corrected chi connectivity index (χ1v) is 8.22. The number of aryl methyl sites for hydroxylation is 1. The number of piperidine rings is 1. The van der Waals surface area contributed by atoms with Gasteiger partial charge in [-0.3, -0.25) is 9.58 Å². The third-order valence-electron chi connectivity index (χ3n) is 4.82. The summed E-state index contributed by atoms with van der Waals surface area (Å²) in [5.74, 6) is 1.09. The van der Waals surface area contributed by atoms with E-state index >= 15 is 0 Å². The molecular weight excluding hydrogens is 302 g/mol. The summed E-state index contributed by atoms with van der Waals surface area (Å²) in [5.41, 5.74) is 1.61. The molecule has 1 fully saturated rings. The lowest BCUT2D eigenvalue weighted by Crippen LogP contribution is -2.42. The lowest BCUT2D eigenvalue weighted by molar-refractivity contribution is 0.118. The van der Waals surface area contributed by atoms with Gasteiger partial charge in [-0.25, -0.2) is 9.97 Å². The molecule has 1 saturated heterocycles. The van der Waals surface area contributed by atoms with Gasteiger partial charge in [-0.15, -0.1) is 0 Å². The van der Waals surface area contributed by atoms with Gasteiger partial charge in [-0.1, -0.05) is 0 Å². The van der Waals surface area contributed by atoms with Crippen LogP contribution in [0, 0.1) is 17.2 Å². The average molecular weight is 325 g/mol. The minimum atomic E-state index is 0.316. The van der Waals surface area contributed by atoms with Gasteiger partial charge in [-0.05, 0) is 38.4 Å². The van der Waals surface area contributed by atoms with Gasteiger partial charge in [0.1, 0.15) is 6.07 Å². The fourth-order valence-corrected chi connectivity index (χ4v) is 3.72. The monoisotopic (exact) mass is 325 g/mol. The molecule has 2 aromatic heterocycles. The molecule has 0 radical (unpaired) electrons. The molecule has 0 spiro atoms. The highest BCUT2D eigenvalue weighted by Crippen LogP contribution is 2.35. The lowest BCUT2D eigenvalue weighted by atomic mass is 9.87. The highest BCUT2D eigenvalue weighted by Gasteiger charge is 2.33. The molecule has 0 N–H and O–H groups in total. The number of likely N-dealkylation sites (tertiary alicyclic amines) is 1. The molecule has 3 rings (SSSR count). The van der Waals surface area contributed by atoms with Crippen molar-refractivity contribution in [1.82, 2.24) is 24.6 Å². The molecule has 1 aliphatic rings.